The maximum Gasteiger partial charge on any atom is 0.405 e. The monoisotopic (exact) mass is 442 g/mol. The van der Waals surface area contributed by atoms with E-state index in [4.69, 9.17) is 9.47 Å². The summed E-state index contributed by atoms with van der Waals surface area (Å²) in [7, 11) is 0. The highest BCUT2D eigenvalue weighted by atomic mass is 19.4. The van der Waals surface area contributed by atoms with Gasteiger partial charge in [-0.05, 0) is 37.5 Å². The molecule has 31 heavy (non-hydrogen) atoms. The van der Waals surface area contributed by atoms with Crippen LogP contribution in [-0.2, 0) is 14.3 Å². The number of amides is 2. The Labute approximate surface area is 177 Å². The van der Waals surface area contributed by atoms with E-state index in [0.717, 1.165) is 24.8 Å². The van der Waals surface area contributed by atoms with Crippen molar-refractivity contribution >= 4 is 17.5 Å². The van der Waals surface area contributed by atoms with Gasteiger partial charge in [0.05, 0.1) is 19.1 Å². The van der Waals surface area contributed by atoms with Gasteiger partial charge in [-0.25, -0.2) is 0 Å². The molecule has 0 aromatic heterocycles. The molecule has 2 aliphatic heterocycles. The van der Waals surface area contributed by atoms with Crippen LogP contribution in [0.1, 0.15) is 43.6 Å². The van der Waals surface area contributed by atoms with E-state index in [1.807, 2.05) is 11.4 Å². The van der Waals surface area contributed by atoms with E-state index in [9.17, 15) is 27.9 Å². The third-order valence-electron chi connectivity index (χ3n) is 6.14. The zero-order chi connectivity index (χ0) is 22.2. The number of anilines is 1. The third-order valence-corrected chi connectivity index (χ3v) is 6.14. The number of hydrogen-bond donors (Lipinski definition) is 3. The van der Waals surface area contributed by atoms with Crippen LogP contribution in [0, 0.1) is 5.92 Å². The second-order valence-corrected chi connectivity index (χ2v) is 8.37. The average molecular weight is 442 g/mol. The fourth-order valence-electron chi connectivity index (χ4n) is 4.36. The number of alkyl halides is 3. The van der Waals surface area contributed by atoms with Crippen molar-refractivity contribution in [2.75, 3.05) is 18.5 Å². The highest BCUT2D eigenvalue weighted by Gasteiger charge is 2.46. The Hall–Kier alpha value is -2.33. The predicted molar refractivity (Wildman–Crippen MR) is 104 cm³/mol. The molecule has 1 saturated heterocycles. The number of ether oxygens (including phenoxy) is 2. The van der Waals surface area contributed by atoms with Crippen LogP contribution < -0.4 is 15.4 Å². The molecule has 1 aromatic carbocycles. The lowest BCUT2D eigenvalue weighted by molar-refractivity contribution is -0.149. The second kappa shape index (κ2) is 8.66. The number of carbonyl (C=O) groups is 2. The van der Waals surface area contributed by atoms with Crippen LogP contribution in [0.4, 0.5) is 18.9 Å². The van der Waals surface area contributed by atoms with E-state index in [1.165, 1.54) is 0 Å². The van der Waals surface area contributed by atoms with E-state index in [0.29, 0.717) is 17.9 Å². The molecule has 2 heterocycles. The van der Waals surface area contributed by atoms with Gasteiger partial charge >= 0.3 is 6.18 Å². The average Bonchev–Trinajstić information content (AvgIpc) is 3.02. The molecule has 0 radical (unpaired) electrons. The van der Waals surface area contributed by atoms with Crippen molar-refractivity contribution in [3.8, 4) is 5.75 Å². The Morgan fingerprint density at radius 3 is 2.65 bits per heavy atom. The molecular weight excluding hydrogens is 417 g/mol. The molecule has 1 aliphatic carbocycles. The van der Waals surface area contributed by atoms with Crippen molar-refractivity contribution < 1.29 is 37.3 Å². The summed E-state index contributed by atoms with van der Waals surface area (Å²) < 4.78 is 48.7. The topological polar surface area (TPSA) is 96.9 Å². The Kier molecular flexibility index (Phi) is 6.11. The number of halogens is 3. The van der Waals surface area contributed by atoms with Crippen molar-refractivity contribution in [1.82, 2.24) is 5.32 Å². The Morgan fingerprint density at radius 1 is 1.23 bits per heavy atom. The lowest BCUT2D eigenvalue weighted by Gasteiger charge is -2.37. The number of fused-ring (bicyclic) bond motifs is 3. The lowest BCUT2D eigenvalue weighted by atomic mass is 9.83. The zero-order valence-electron chi connectivity index (χ0n) is 16.8. The first-order chi connectivity index (χ1) is 14.7. The number of rotatable bonds is 6. The van der Waals surface area contributed by atoms with E-state index >= 15 is 0 Å². The predicted octanol–water partition coefficient (Wildman–Crippen LogP) is 2.49. The number of benzene rings is 1. The number of nitrogens with one attached hydrogen (secondary N) is 2. The SMILES string of the molecule is O=C(C[C@@H]1C[C@@H]2c3cc(NC(=O)C4CCC4)ccc3O[C@@H]2[C@@H](CO)O1)NCC(F)(F)F. The van der Waals surface area contributed by atoms with Gasteiger partial charge in [-0.2, -0.15) is 13.2 Å². The molecule has 0 unspecified atom stereocenters. The highest BCUT2D eigenvalue weighted by molar-refractivity contribution is 5.93. The second-order valence-electron chi connectivity index (χ2n) is 8.37. The molecule has 4 atom stereocenters. The highest BCUT2D eigenvalue weighted by Crippen LogP contribution is 2.47. The molecule has 2 amide bonds. The van der Waals surface area contributed by atoms with E-state index < -0.39 is 36.9 Å². The summed E-state index contributed by atoms with van der Waals surface area (Å²) in [6.07, 6.45) is -3.38. The number of carbonyl (C=O) groups excluding carboxylic acids is 2. The molecule has 4 rings (SSSR count). The third kappa shape index (κ3) is 4.95. The van der Waals surface area contributed by atoms with Crippen molar-refractivity contribution in [3.05, 3.63) is 23.8 Å². The normalized spacial score (nSPS) is 27.5. The largest absolute Gasteiger partial charge is 0.487 e. The number of aliphatic hydroxyl groups excluding tert-OH is 1. The van der Waals surface area contributed by atoms with Crippen molar-refractivity contribution in [2.45, 2.75) is 62.5 Å². The molecule has 3 aliphatic rings. The summed E-state index contributed by atoms with van der Waals surface area (Å²) in [5, 5.41) is 14.5. The van der Waals surface area contributed by atoms with Crippen LogP contribution in [-0.4, -0.2) is 54.6 Å². The molecule has 3 N–H and O–H groups in total. The molecule has 2 fully saturated rings. The minimum Gasteiger partial charge on any atom is -0.487 e. The maximum absolute atomic E-state index is 12.3. The van der Waals surface area contributed by atoms with Gasteiger partial charge in [-0.1, -0.05) is 6.42 Å². The molecule has 1 saturated carbocycles. The molecule has 7 nitrogen and oxygen atoms in total. The maximum atomic E-state index is 12.3. The summed E-state index contributed by atoms with van der Waals surface area (Å²) in [5.41, 5.74) is 1.48. The van der Waals surface area contributed by atoms with Crippen molar-refractivity contribution in [2.24, 2.45) is 5.92 Å². The Morgan fingerprint density at radius 2 is 2.00 bits per heavy atom. The molecule has 170 valence electrons. The van der Waals surface area contributed by atoms with Gasteiger partial charge in [0.25, 0.3) is 0 Å². The standard InChI is InChI=1S/C21H25F3N2O5/c22-21(23,24)10-25-18(28)8-13-7-15-14-6-12(26-20(29)11-2-1-3-11)4-5-16(14)31-19(15)17(9-27)30-13/h4-6,11,13,15,17,19,27H,1-3,7-10H2,(H,25,28)(H,26,29)/t13-,15+,17+,19-/m0/s1. The Bertz CT molecular complexity index is 843. The van der Waals surface area contributed by atoms with E-state index in [2.05, 4.69) is 5.32 Å². The van der Waals surface area contributed by atoms with Gasteiger partial charge < -0.3 is 25.2 Å². The zero-order valence-corrected chi connectivity index (χ0v) is 16.8. The van der Waals surface area contributed by atoms with Crippen molar-refractivity contribution in [1.29, 1.82) is 0 Å². The van der Waals surface area contributed by atoms with Crippen LogP contribution in [0.25, 0.3) is 0 Å². The van der Waals surface area contributed by atoms with E-state index in [1.54, 1.807) is 12.1 Å². The first kappa shape index (κ1) is 21.9. The molecule has 10 heteroatoms. The Balaban J connectivity index is 1.44. The van der Waals surface area contributed by atoms with Gasteiger partial charge in [0.15, 0.2) is 0 Å². The van der Waals surface area contributed by atoms with Crippen LogP contribution in [0.15, 0.2) is 18.2 Å². The lowest BCUT2D eigenvalue weighted by Crippen LogP contribution is -2.47. The summed E-state index contributed by atoms with van der Waals surface area (Å²) >= 11 is 0. The summed E-state index contributed by atoms with van der Waals surface area (Å²) in [4.78, 5) is 24.2. The van der Waals surface area contributed by atoms with Gasteiger partial charge in [0, 0.05) is 23.1 Å². The molecular formula is C21H25F3N2O5. The minimum atomic E-state index is -4.49. The quantitative estimate of drug-likeness (QED) is 0.629. The number of aliphatic hydroxyl groups is 1. The molecule has 0 bridgehead atoms. The molecule has 0 spiro atoms. The van der Waals surface area contributed by atoms with Crippen molar-refractivity contribution in [3.63, 3.8) is 0 Å². The molecule has 1 aromatic rings. The van der Waals surface area contributed by atoms with Gasteiger partial charge in [0.1, 0.15) is 24.5 Å². The summed E-state index contributed by atoms with van der Waals surface area (Å²) in [6.45, 7) is -1.74. The van der Waals surface area contributed by atoms with Crippen LogP contribution >= 0.6 is 0 Å². The smallest absolute Gasteiger partial charge is 0.405 e. The van der Waals surface area contributed by atoms with Gasteiger partial charge in [-0.3, -0.25) is 9.59 Å². The first-order valence-electron chi connectivity index (χ1n) is 10.4. The van der Waals surface area contributed by atoms with Crippen LogP contribution in [0.3, 0.4) is 0 Å². The number of hydrogen-bond acceptors (Lipinski definition) is 5. The van der Waals surface area contributed by atoms with Gasteiger partial charge in [0.2, 0.25) is 11.8 Å². The van der Waals surface area contributed by atoms with Crippen LogP contribution in [0.5, 0.6) is 5.75 Å². The summed E-state index contributed by atoms with van der Waals surface area (Å²) in [5.74, 6) is -0.333. The minimum absolute atomic E-state index is 0.0129. The summed E-state index contributed by atoms with van der Waals surface area (Å²) in [6, 6.07) is 5.34. The fourth-order valence-corrected chi connectivity index (χ4v) is 4.36. The van der Waals surface area contributed by atoms with E-state index in [-0.39, 0.29) is 30.8 Å². The first-order valence-corrected chi connectivity index (χ1v) is 10.4. The van der Waals surface area contributed by atoms with Gasteiger partial charge in [-0.15, -0.1) is 0 Å². The van der Waals surface area contributed by atoms with Crippen LogP contribution in [0.2, 0.25) is 0 Å². The fraction of sp³-hybridized carbons (Fsp3) is 0.619.